The molecule has 0 spiro atoms. The first-order chi connectivity index (χ1) is 8.59. The lowest BCUT2D eigenvalue weighted by Gasteiger charge is -2.22. The molecule has 1 N–H and O–H groups in total. The summed E-state index contributed by atoms with van der Waals surface area (Å²) in [4.78, 5) is 13.7. The van der Waals surface area contributed by atoms with Crippen molar-refractivity contribution in [2.45, 2.75) is 19.9 Å². The summed E-state index contributed by atoms with van der Waals surface area (Å²) in [6, 6.07) is 14.0. The van der Waals surface area contributed by atoms with Crippen molar-refractivity contribution in [3.8, 4) is 0 Å². The van der Waals surface area contributed by atoms with Gasteiger partial charge in [0.25, 0.3) is 0 Å². The van der Waals surface area contributed by atoms with Gasteiger partial charge >= 0.3 is 6.03 Å². The van der Waals surface area contributed by atoms with Crippen LogP contribution in [0, 0.1) is 0 Å². The summed E-state index contributed by atoms with van der Waals surface area (Å²) < 4.78 is 0. The van der Waals surface area contributed by atoms with Crippen LogP contribution in [0.1, 0.15) is 13.8 Å². The monoisotopic (exact) mass is 242 g/mol. The predicted octanol–water partition coefficient (Wildman–Crippen LogP) is 3.71. The fraction of sp³-hybridized carbons (Fsp3) is 0.267. The number of amides is 2. The Bertz CT molecular complexity index is 558. The number of urea groups is 1. The Kier molecular flexibility index (Phi) is 3.51. The van der Waals surface area contributed by atoms with E-state index in [1.54, 1.807) is 11.9 Å². The zero-order valence-electron chi connectivity index (χ0n) is 11.0. The molecule has 0 unspecified atom stereocenters. The number of fused-ring (bicyclic) bond motifs is 1. The van der Waals surface area contributed by atoms with Crippen molar-refractivity contribution in [3.05, 3.63) is 42.5 Å². The molecule has 2 aromatic carbocycles. The van der Waals surface area contributed by atoms with E-state index in [2.05, 4.69) is 5.32 Å². The molecule has 0 aliphatic heterocycles. The zero-order chi connectivity index (χ0) is 13.1. The highest BCUT2D eigenvalue weighted by Crippen LogP contribution is 2.23. The van der Waals surface area contributed by atoms with Gasteiger partial charge in [0.05, 0.1) is 5.69 Å². The number of nitrogens with one attached hydrogen (secondary N) is 1. The first-order valence-corrected chi connectivity index (χ1v) is 6.11. The molecule has 0 atom stereocenters. The van der Waals surface area contributed by atoms with Crippen molar-refractivity contribution in [1.82, 2.24) is 4.90 Å². The van der Waals surface area contributed by atoms with E-state index in [1.807, 2.05) is 56.3 Å². The lowest BCUT2D eigenvalue weighted by atomic mass is 10.1. The topological polar surface area (TPSA) is 32.3 Å². The highest BCUT2D eigenvalue weighted by Gasteiger charge is 2.12. The summed E-state index contributed by atoms with van der Waals surface area (Å²) in [7, 11) is 1.80. The van der Waals surface area contributed by atoms with Crippen molar-refractivity contribution in [2.24, 2.45) is 0 Å². The number of carbonyl (C=O) groups is 1. The highest BCUT2D eigenvalue weighted by atomic mass is 16.2. The van der Waals surface area contributed by atoms with Gasteiger partial charge in [-0.2, -0.15) is 0 Å². The lowest BCUT2D eigenvalue weighted by Crippen LogP contribution is -2.36. The average molecular weight is 242 g/mol. The number of benzene rings is 2. The molecule has 0 aromatic heterocycles. The molecule has 0 saturated heterocycles. The summed E-state index contributed by atoms with van der Waals surface area (Å²) in [5, 5.41) is 5.14. The van der Waals surface area contributed by atoms with Crippen LogP contribution in [0.15, 0.2) is 42.5 Å². The third-order valence-electron chi connectivity index (χ3n) is 3.13. The molecule has 2 aromatic rings. The molecule has 3 nitrogen and oxygen atoms in total. The molecule has 0 fully saturated rings. The first kappa shape index (κ1) is 12.4. The number of hydrogen-bond acceptors (Lipinski definition) is 1. The van der Waals surface area contributed by atoms with Crippen LogP contribution < -0.4 is 5.32 Å². The second-order valence-electron chi connectivity index (χ2n) is 4.66. The molecule has 18 heavy (non-hydrogen) atoms. The second-order valence-corrected chi connectivity index (χ2v) is 4.66. The smallest absolute Gasteiger partial charge is 0.321 e. The molecule has 94 valence electrons. The van der Waals surface area contributed by atoms with Crippen LogP contribution >= 0.6 is 0 Å². The van der Waals surface area contributed by atoms with Crippen LogP contribution in [0.3, 0.4) is 0 Å². The summed E-state index contributed by atoms with van der Waals surface area (Å²) in [6.07, 6.45) is 0. The van der Waals surface area contributed by atoms with E-state index in [0.29, 0.717) is 0 Å². The maximum atomic E-state index is 12.0. The van der Waals surface area contributed by atoms with Crippen molar-refractivity contribution in [1.29, 1.82) is 0 Å². The third-order valence-corrected chi connectivity index (χ3v) is 3.13. The fourth-order valence-corrected chi connectivity index (χ4v) is 1.77. The molecule has 0 aliphatic rings. The van der Waals surface area contributed by atoms with Crippen LogP contribution in [-0.4, -0.2) is 24.0 Å². The van der Waals surface area contributed by atoms with E-state index in [0.717, 1.165) is 16.5 Å². The van der Waals surface area contributed by atoms with Gasteiger partial charge in [-0.3, -0.25) is 0 Å². The standard InChI is InChI=1S/C15H18N2O/c1-11(2)17(3)15(18)16-14-10-6-8-12-7-4-5-9-13(12)14/h4-11H,1-3H3,(H,16,18). The Labute approximate surface area is 107 Å². The molecule has 3 heteroatoms. The van der Waals surface area contributed by atoms with Crippen molar-refractivity contribution in [2.75, 3.05) is 12.4 Å². The quantitative estimate of drug-likeness (QED) is 0.855. The molecular formula is C15H18N2O. The summed E-state index contributed by atoms with van der Waals surface area (Å²) in [6.45, 7) is 3.98. The maximum Gasteiger partial charge on any atom is 0.321 e. The molecular weight excluding hydrogens is 224 g/mol. The van der Waals surface area contributed by atoms with Crippen LogP contribution in [0.4, 0.5) is 10.5 Å². The van der Waals surface area contributed by atoms with Crippen molar-refractivity contribution < 1.29 is 4.79 Å². The summed E-state index contributed by atoms with van der Waals surface area (Å²) in [5.41, 5.74) is 0.852. The predicted molar refractivity (Wildman–Crippen MR) is 75.9 cm³/mol. The molecule has 0 bridgehead atoms. The molecule has 0 radical (unpaired) electrons. The van der Waals surface area contributed by atoms with Crippen LogP contribution in [0.25, 0.3) is 10.8 Å². The molecule has 0 aliphatic carbocycles. The van der Waals surface area contributed by atoms with E-state index in [9.17, 15) is 4.79 Å². The largest absolute Gasteiger partial charge is 0.325 e. The van der Waals surface area contributed by atoms with E-state index in [4.69, 9.17) is 0 Å². The lowest BCUT2D eigenvalue weighted by molar-refractivity contribution is 0.211. The third kappa shape index (κ3) is 2.45. The highest BCUT2D eigenvalue weighted by molar-refractivity contribution is 6.01. The van der Waals surface area contributed by atoms with E-state index in [1.165, 1.54) is 0 Å². The number of carbonyl (C=O) groups excluding carboxylic acids is 1. The van der Waals surface area contributed by atoms with E-state index in [-0.39, 0.29) is 12.1 Å². The van der Waals surface area contributed by atoms with Crippen LogP contribution in [0.2, 0.25) is 0 Å². The van der Waals surface area contributed by atoms with Gasteiger partial charge in [0.1, 0.15) is 0 Å². The second kappa shape index (κ2) is 5.08. The Morgan fingerprint density at radius 3 is 2.50 bits per heavy atom. The van der Waals surface area contributed by atoms with Crippen molar-refractivity contribution in [3.63, 3.8) is 0 Å². The van der Waals surface area contributed by atoms with Crippen molar-refractivity contribution >= 4 is 22.5 Å². The Morgan fingerprint density at radius 2 is 1.78 bits per heavy atom. The minimum absolute atomic E-state index is 0.0821. The summed E-state index contributed by atoms with van der Waals surface area (Å²) in [5.74, 6) is 0. The molecule has 0 heterocycles. The van der Waals surface area contributed by atoms with E-state index < -0.39 is 0 Å². The Morgan fingerprint density at radius 1 is 1.11 bits per heavy atom. The minimum atomic E-state index is -0.0821. The van der Waals surface area contributed by atoms with Gasteiger partial charge in [-0.15, -0.1) is 0 Å². The van der Waals surface area contributed by atoms with Gasteiger partial charge < -0.3 is 10.2 Å². The number of nitrogens with zero attached hydrogens (tertiary/aromatic N) is 1. The number of anilines is 1. The Hall–Kier alpha value is -2.03. The van der Waals surface area contributed by atoms with Gasteiger partial charge in [0.15, 0.2) is 0 Å². The Balaban J connectivity index is 2.30. The normalized spacial score (nSPS) is 10.7. The van der Waals surface area contributed by atoms with Gasteiger partial charge in [-0.05, 0) is 25.3 Å². The SMILES string of the molecule is CC(C)N(C)C(=O)Nc1cccc2ccccc12. The number of rotatable bonds is 2. The average Bonchev–Trinajstić information content (AvgIpc) is 2.38. The fourth-order valence-electron chi connectivity index (χ4n) is 1.77. The first-order valence-electron chi connectivity index (χ1n) is 6.11. The van der Waals surface area contributed by atoms with Gasteiger partial charge in [-0.1, -0.05) is 36.4 Å². The molecule has 2 amide bonds. The molecule has 0 saturated carbocycles. The van der Waals surface area contributed by atoms with Gasteiger partial charge in [-0.25, -0.2) is 4.79 Å². The van der Waals surface area contributed by atoms with Gasteiger partial charge in [0.2, 0.25) is 0 Å². The number of hydrogen-bond donors (Lipinski definition) is 1. The molecule has 2 rings (SSSR count). The van der Waals surface area contributed by atoms with Crippen LogP contribution in [0.5, 0.6) is 0 Å². The zero-order valence-corrected chi connectivity index (χ0v) is 11.0. The minimum Gasteiger partial charge on any atom is -0.325 e. The maximum absolute atomic E-state index is 12.0. The van der Waals surface area contributed by atoms with E-state index >= 15 is 0 Å². The van der Waals surface area contributed by atoms with Gasteiger partial charge in [0, 0.05) is 18.5 Å². The van der Waals surface area contributed by atoms with Crippen LogP contribution in [-0.2, 0) is 0 Å². The summed E-state index contributed by atoms with van der Waals surface area (Å²) >= 11 is 0.